The average Bonchev–Trinajstić information content (AvgIpc) is 3.76. The summed E-state index contributed by atoms with van der Waals surface area (Å²) in [5, 5.41) is 16.5. The van der Waals surface area contributed by atoms with Gasteiger partial charge in [-0.25, -0.2) is 0 Å². The molecule has 0 aliphatic heterocycles. The summed E-state index contributed by atoms with van der Waals surface area (Å²) < 4.78 is 0. The Balaban J connectivity index is 1.25. The van der Waals surface area contributed by atoms with E-state index in [1.807, 2.05) is 11.3 Å². The number of thiophene rings is 1. The number of hydrogen-bond donors (Lipinski definition) is 0. The normalized spacial score (nSPS) is 12.9. The van der Waals surface area contributed by atoms with Crippen LogP contribution in [0.2, 0.25) is 0 Å². The molecule has 10 aromatic rings. The second-order valence-corrected chi connectivity index (χ2v) is 13.8. The summed E-state index contributed by atoms with van der Waals surface area (Å²) in [7, 11) is 0. The minimum atomic E-state index is 1.29. The van der Waals surface area contributed by atoms with Gasteiger partial charge >= 0.3 is 0 Å². The van der Waals surface area contributed by atoms with E-state index >= 15 is 0 Å². The lowest BCUT2D eigenvalue weighted by Gasteiger charge is -2.19. The van der Waals surface area contributed by atoms with Gasteiger partial charge in [0.1, 0.15) is 0 Å². The van der Waals surface area contributed by atoms with E-state index in [0.717, 1.165) is 0 Å². The molecule has 0 saturated heterocycles. The molecule has 0 spiro atoms. The molecule has 9 aromatic carbocycles. The van der Waals surface area contributed by atoms with Crippen LogP contribution in [0.4, 0.5) is 0 Å². The van der Waals surface area contributed by atoms with E-state index in [4.69, 9.17) is 0 Å². The Labute approximate surface area is 262 Å². The minimum absolute atomic E-state index is 1.29. The Hall–Kier alpha value is -5.50. The summed E-state index contributed by atoms with van der Waals surface area (Å²) >= 11 is 1.93. The van der Waals surface area contributed by atoms with Crippen molar-refractivity contribution in [1.82, 2.24) is 0 Å². The van der Waals surface area contributed by atoms with Crippen molar-refractivity contribution in [2.45, 2.75) is 0 Å². The molecule has 12 rings (SSSR count). The molecule has 0 radical (unpaired) electrons. The van der Waals surface area contributed by atoms with Crippen molar-refractivity contribution in [2.24, 2.45) is 0 Å². The highest BCUT2D eigenvalue weighted by Crippen LogP contribution is 2.59. The van der Waals surface area contributed by atoms with Crippen LogP contribution >= 0.6 is 11.3 Å². The molecule has 1 heterocycles. The van der Waals surface area contributed by atoms with Gasteiger partial charge in [-0.15, -0.1) is 11.3 Å². The molecule has 0 nitrogen and oxygen atoms in total. The number of benzene rings is 9. The van der Waals surface area contributed by atoms with Crippen LogP contribution in [0.3, 0.4) is 0 Å². The third-order valence-electron chi connectivity index (χ3n) is 10.7. The maximum absolute atomic E-state index is 2.43. The zero-order valence-electron chi connectivity index (χ0n) is 24.1. The molecule has 45 heavy (non-hydrogen) atoms. The van der Waals surface area contributed by atoms with Crippen LogP contribution in [0.25, 0.3) is 119 Å². The predicted molar refractivity (Wildman–Crippen MR) is 195 cm³/mol. The molecular weight excluding hydrogens is 561 g/mol. The number of hydrogen-bond acceptors (Lipinski definition) is 1. The summed E-state index contributed by atoms with van der Waals surface area (Å²) in [5.74, 6) is 0. The zero-order chi connectivity index (χ0) is 29.0. The Kier molecular flexibility index (Phi) is 3.96. The lowest BCUT2D eigenvalue weighted by Crippen LogP contribution is -1.91. The summed E-state index contributed by atoms with van der Waals surface area (Å²) in [6, 6.07) is 50.4. The van der Waals surface area contributed by atoms with Gasteiger partial charge in [0, 0.05) is 20.9 Å². The molecule has 2 aliphatic rings. The summed E-state index contributed by atoms with van der Waals surface area (Å²) in [6.45, 7) is 0. The van der Waals surface area contributed by atoms with E-state index in [2.05, 4.69) is 133 Å². The topological polar surface area (TPSA) is 0 Å². The van der Waals surface area contributed by atoms with E-state index in [1.165, 1.54) is 119 Å². The van der Waals surface area contributed by atoms with Crippen molar-refractivity contribution in [3.63, 3.8) is 0 Å². The van der Waals surface area contributed by atoms with E-state index in [9.17, 15) is 0 Å². The average molecular weight is 583 g/mol. The van der Waals surface area contributed by atoms with Crippen LogP contribution < -0.4 is 0 Å². The fraction of sp³-hybridized carbons (Fsp3) is 0. The second-order valence-electron chi connectivity index (χ2n) is 12.7. The molecular formula is C44H22S. The van der Waals surface area contributed by atoms with Gasteiger partial charge in [-0.2, -0.15) is 0 Å². The van der Waals surface area contributed by atoms with Crippen molar-refractivity contribution >= 4 is 76.0 Å². The first-order valence-corrected chi connectivity index (χ1v) is 16.5. The van der Waals surface area contributed by atoms with Gasteiger partial charge in [-0.05, 0) is 116 Å². The molecule has 0 bridgehead atoms. The highest BCUT2D eigenvalue weighted by molar-refractivity contribution is 7.19. The largest absolute Gasteiger partial charge is 0.135 e. The van der Waals surface area contributed by atoms with Gasteiger partial charge in [0.15, 0.2) is 0 Å². The van der Waals surface area contributed by atoms with Crippen LogP contribution in [-0.2, 0) is 0 Å². The van der Waals surface area contributed by atoms with Crippen LogP contribution in [-0.4, -0.2) is 0 Å². The summed E-state index contributed by atoms with van der Waals surface area (Å²) in [6.07, 6.45) is 0. The van der Waals surface area contributed by atoms with Crippen LogP contribution in [0.5, 0.6) is 0 Å². The highest BCUT2D eigenvalue weighted by atomic mass is 32.1. The predicted octanol–water partition coefficient (Wildman–Crippen LogP) is 13.1. The SMILES string of the molecule is c1ccc(-c2cc3c(s2)-c2ccc4c5c2c-3ccc5c2ccc3c5c(c6ccccc6c4c52)-c2cc4ccccc4cc2-3)cc1. The van der Waals surface area contributed by atoms with Crippen molar-refractivity contribution in [3.8, 4) is 54.3 Å². The van der Waals surface area contributed by atoms with E-state index in [-0.39, 0.29) is 0 Å². The van der Waals surface area contributed by atoms with E-state index in [0.29, 0.717) is 0 Å². The molecule has 204 valence electrons. The molecule has 0 saturated carbocycles. The lowest BCUT2D eigenvalue weighted by molar-refractivity contribution is 1.70. The third-order valence-corrected chi connectivity index (χ3v) is 11.9. The zero-order valence-corrected chi connectivity index (χ0v) is 24.9. The Morgan fingerprint density at radius 2 is 0.933 bits per heavy atom. The third kappa shape index (κ3) is 2.64. The molecule has 1 aromatic heterocycles. The number of fused-ring (bicyclic) bond motifs is 12. The first-order chi connectivity index (χ1) is 22.3. The molecule has 0 fully saturated rings. The number of rotatable bonds is 1. The smallest absolute Gasteiger partial charge is 0.0434 e. The quantitative estimate of drug-likeness (QED) is 0.133. The van der Waals surface area contributed by atoms with E-state index in [1.54, 1.807) is 0 Å². The van der Waals surface area contributed by atoms with Crippen LogP contribution in [0, 0.1) is 0 Å². The molecule has 0 N–H and O–H groups in total. The van der Waals surface area contributed by atoms with Gasteiger partial charge in [0.25, 0.3) is 0 Å². The minimum Gasteiger partial charge on any atom is -0.135 e. The van der Waals surface area contributed by atoms with Crippen molar-refractivity contribution < 1.29 is 0 Å². The van der Waals surface area contributed by atoms with Crippen molar-refractivity contribution in [1.29, 1.82) is 0 Å². The first-order valence-electron chi connectivity index (χ1n) is 15.7. The Morgan fingerprint density at radius 3 is 1.76 bits per heavy atom. The monoisotopic (exact) mass is 582 g/mol. The highest BCUT2D eigenvalue weighted by Gasteiger charge is 2.31. The van der Waals surface area contributed by atoms with Gasteiger partial charge in [-0.1, -0.05) is 115 Å². The fourth-order valence-electron chi connectivity index (χ4n) is 8.87. The van der Waals surface area contributed by atoms with Crippen molar-refractivity contribution in [2.75, 3.05) is 0 Å². The van der Waals surface area contributed by atoms with Crippen LogP contribution in [0.1, 0.15) is 0 Å². The fourth-order valence-corrected chi connectivity index (χ4v) is 10.1. The summed E-state index contributed by atoms with van der Waals surface area (Å²) in [5.41, 5.74) is 10.9. The molecule has 0 amide bonds. The van der Waals surface area contributed by atoms with Crippen LogP contribution in [0.15, 0.2) is 133 Å². The molecule has 0 atom stereocenters. The van der Waals surface area contributed by atoms with Gasteiger partial charge in [0.05, 0.1) is 0 Å². The maximum atomic E-state index is 2.43. The molecule has 1 heteroatoms. The van der Waals surface area contributed by atoms with E-state index < -0.39 is 0 Å². The Morgan fingerprint density at radius 1 is 0.333 bits per heavy atom. The first kappa shape index (κ1) is 23.0. The second kappa shape index (κ2) is 7.77. The molecule has 2 aliphatic carbocycles. The van der Waals surface area contributed by atoms with Gasteiger partial charge < -0.3 is 0 Å². The Bertz CT molecular complexity index is 2930. The summed E-state index contributed by atoms with van der Waals surface area (Å²) in [4.78, 5) is 2.74. The molecule has 0 unspecified atom stereocenters. The van der Waals surface area contributed by atoms with Gasteiger partial charge in [0.2, 0.25) is 0 Å². The van der Waals surface area contributed by atoms with Crippen molar-refractivity contribution in [3.05, 3.63) is 133 Å². The maximum Gasteiger partial charge on any atom is 0.0434 e. The van der Waals surface area contributed by atoms with Gasteiger partial charge in [-0.3, -0.25) is 0 Å². The lowest BCUT2D eigenvalue weighted by atomic mass is 9.83. The standard InChI is InChI=1S/C44H22S/c1-2-8-23(9-3-1)37-22-36-31-17-14-28-29-15-16-30-34-20-24-10-4-5-11-25(24)21-35(34)41-27-13-7-6-12-26(27)39(42(29)43(30)41)32-18-19-33(44(36)45-37)40(31)38(28)32/h1-22H.